The van der Waals surface area contributed by atoms with Crippen LogP contribution in [0.15, 0.2) is 36.4 Å². The molecule has 0 saturated carbocycles. The molecular formula is C19H20O6. The second kappa shape index (κ2) is 8.10. The van der Waals surface area contributed by atoms with Crippen molar-refractivity contribution in [2.75, 3.05) is 28.4 Å². The Bertz CT molecular complexity index is 794. The number of benzene rings is 2. The third kappa shape index (κ3) is 3.85. The number of rotatable bonds is 7. The zero-order chi connectivity index (χ0) is 18.4. The Labute approximate surface area is 146 Å². The highest BCUT2D eigenvalue weighted by Crippen LogP contribution is 2.42. The van der Waals surface area contributed by atoms with Gasteiger partial charge >= 0.3 is 5.97 Å². The fraction of sp³-hybridized carbons (Fsp3) is 0.211. The molecule has 2 rings (SSSR count). The predicted molar refractivity (Wildman–Crippen MR) is 94.6 cm³/mol. The smallest absolute Gasteiger partial charge is 0.336 e. The largest absolute Gasteiger partial charge is 0.497 e. The van der Waals surface area contributed by atoms with Gasteiger partial charge in [-0.2, -0.15) is 0 Å². The lowest BCUT2D eigenvalue weighted by Crippen LogP contribution is -2.04. The van der Waals surface area contributed by atoms with Crippen LogP contribution < -0.4 is 18.9 Å². The minimum absolute atomic E-state index is 0.0612. The van der Waals surface area contributed by atoms with E-state index in [1.54, 1.807) is 49.6 Å². The van der Waals surface area contributed by atoms with Gasteiger partial charge in [-0.05, 0) is 35.9 Å². The first-order chi connectivity index (χ1) is 12.0. The van der Waals surface area contributed by atoms with Crippen molar-refractivity contribution in [2.24, 2.45) is 0 Å². The van der Waals surface area contributed by atoms with E-state index in [1.165, 1.54) is 21.3 Å². The van der Waals surface area contributed by atoms with Crippen molar-refractivity contribution < 1.29 is 28.8 Å². The highest BCUT2D eigenvalue weighted by Gasteiger charge is 2.22. The number of ether oxygens (including phenoxy) is 4. The summed E-state index contributed by atoms with van der Waals surface area (Å²) in [6.45, 7) is 0. The molecule has 0 unspecified atom stereocenters. The minimum Gasteiger partial charge on any atom is -0.497 e. The van der Waals surface area contributed by atoms with Gasteiger partial charge in [0.1, 0.15) is 5.75 Å². The monoisotopic (exact) mass is 344 g/mol. The average Bonchev–Trinajstić information content (AvgIpc) is 2.64. The lowest BCUT2D eigenvalue weighted by atomic mass is 10.0. The van der Waals surface area contributed by atoms with E-state index >= 15 is 0 Å². The summed E-state index contributed by atoms with van der Waals surface area (Å²) < 4.78 is 21.1. The fourth-order valence-corrected chi connectivity index (χ4v) is 2.47. The molecule has 6 heteroatoms. The highest BCUT2D eigenvalue weighted by molar-refractivity contribution is 6.21. The molecule has 0 aliphatic carbocycles. The summed E-state index contributed by atoms with van der Waals surface area (Å²) in [7, 11) is 5.97. The number of methoxy groups -OCH3 is 4. The molecule has 25 heavy (non-hydrogen) atoms. The number of carboxylic acid groups (broad SMARTS) is 1. The van der Waals surface area contributed by atoms with Crippen molar-refractivity contribution in [3.05, 3.63) is 47.5 Å². The molecule has 0 bridgehead atoms. The molecule has 6 nitrogen and oxygen atoms in total. The third-order valence-corrected chi connectivity index (χ3v) is 3.63. The van der Waals surface area contributed by atoms with Crippen molar-refractivity contribution in [3.8, 4) is 23.0 Å². The average molecular weight is 344 g/mol. The van der Waals surface area contributed by atoms with Crippen LogP contribution in [0.3, 0.4) is 0 Å². The topological polar surface area (TPSA) is 74.2 Å². The van der Waals surface area contributed by atoms with Gasteiger partial charge in [-0.1, -0.05) is 12.1 Å². The quantitative estimate of drug-likeness (QED) is 0.613. The molecule has 0 radical (unpaired) electrons. The first-order valence-corrected chi connectivity index (χ1v) is 7.44. The van der Waals surface area contributed by atoms with Crippen LogP contribution in [0, 0.1) is 0 Å². The Kier molecular flexibility index (Phi) is 5.89. The predicted octanol–water partition coefficient (Wildman–Crippen LogP) is 3.35. The minimum atomic E-state index is -1.09. The van der Waals surface area contributed by atoms with Gasteiger partial charge in [0.05, 0.1) is 34.0 Å². The summed E-state index contributed by atoms with van der Waals surface area (Å²) in [6, 6.07) is 10.4. The molecule has 0 fully saturated rings. The molecule has 0 aromatic heterocycles. The molecule has 2 aromatic rings. The van der Waals surface area contributed by atoms with Crippen LogP contribution in [0.2, 0.25) is 0 Å². The van der Waals surface area contributed by atoms with E-state index in [-0.39, 0.29) is 5.57 Å². The fourth-order valence-electron chi connectivity index (χ4n) is 2.47. The summed E-state index contributed by atoms with van der Waals surface area (Å²) in [4.78, 5) is 11.9. The van der Waals surface area contributed by atoms with E-state index < -0.39 is 5.97 Å². The molecule has 132 valence electrons. The third-order valence-electron chi connectivity index (χ3n) is 3.63. The van der Waals surface area contributed by atoms with Crippen molar-refractivity contribution in [1.29, 1.82) is 0 Å². The molecule has 2 aromatic carbocycles. The van der Waals surface area contributed by atoms with Crippen LogP contribution >= 0.6 is 0 Å². The van der Waals surface area contributed by atoms with E-state index in [4.69, 9.17) is 18.9 Å². The zero-order valence-corrected chi connectivity index (χ0v) is 14.5. The van der Waals surface area contributed by atoms with Crippen molar-refractivity contribution in [2.45, 2.75) is 0 Å². The van der Waals surface area contributed by atoms with Gasteiger partial charge in [0.25, 0.3) is 0 Å². The summed E-state index contributed by atoms with van der Waals surface area (Å²) in [5.74, 6) is 0.624. The molecular weight excluding hydrogens is 324 g/mol. The zero-order valence-electron chi connectivity index (χ0n) is 14.5. The van der Waals surface area contributed by atoms with E-state index in [0.717, 1.165) is 0 Å². The Hall–Kier alpha value is -3.15. The molecule has 0 spiro atoms. The lowest BCUT2D eigenvalue weighted by Gasteiger charge is -2.16. The SMILES string of the molecule is COc1cccc(/C=C(\C(=O)O)c2ccc(OC)c(OC)c2OC)c1. The first-order valence-electron chi connectivity index (χ1n) is 7.44. The van der Waals surface area contributed by atoms with E-state index in [9.17, 15) is 9.90 Å². The van der Waals surface area contributed by atoms with Gasteiger partial charge in [-0.3, -0.25) is 0 Å². The van der Waals surface area contributed by atoms with Crippen LogP contribution in [0.5, 0.6) is 23.0 Å². The van der Waals surface area contributed by atoms with Crippen LogP contribution in [-0.4, -0.2) is 39.5 Å². The second-order valence-corrected chi connectivity index (χ2v) is 5.02. The lowest BCUT2D eigenvalue weighted by molar-refractivity contribution is -0.130. The molecule has 0 aliphatic heterocycles. The van der Waals surface area contributed by atoms with Crippen LogP contribution in [-0.2, 0) is 4.79 Å². The summed E-state index contributed by atoms with van der Waals surface area (Å²) in [6.07, 6.45) is 1.55. The van der Waals surface area contributed by atoms with Crippen LogP contribution in [0.4, 0.5) is 0 Å². The number of carbonyl (C=O) groups is 1. The van der Waals surface area contributed by atoms with E-state index in [1.807, 2.05) is 0 Å². The van der Waals surface area contributed by atoms with Crippen molar-refractivity contribution in [3.63, 3.8) is 0 Å². The Morgan fingerprint density at radius 3 is 2.20 bits per heavy atom. The van der Waals surface area contributed by atoms with E-state index in [0.29, 0.717) is 34.1 Å². The van der Waals surface area contributed by atoms with Gasteiger partial charge in [0.2, 0.25) is 5.75 Å². The van der Waals surface area contributed by atoms with E-state index in [2.05, 4.69) is 0 Å². The van der Waals surface area contributed by atoms with Crippen molar-refractivity contribution >= 4 is 17.6 Å². The van der Waals surface area contributed by atoms with Gasteiger partial charge in [-0.15, -0.1) is 0 Å². The van der Waals surface area contributed by atoms with Crippen LogP contribution in [0.1, 0.15) is 11.1 Å². The Morgan fingerprint density at radius 2 is 1.64 bits per heavy atom. The number of hydrogen-bond donors (Lipinski definition) is 1. The summed E-state index contributed by atoms with van der Waals surface area (Å²) in [5.41, 5.74) is 1.13. The van der Waals surface area contributed by atoms with Gasteiger partial charge in [0, 0.05) is 5.56 Å². The molecule has 0 atom stereocenters. The Morgan fingerprint density at radius 1 is 0.920 bits per heavy atom. The molecule has 0 saturated heterocycles. The molecule has 1 N–H and O–H groups in total. The second-order valence-electron chi connectivity index (χ2n) is 5.02. The number of aliphatic carboxylic acids is 1. The maximum Gasteiger partial charge on any atom is 0.336 e. The van der Waals surface area contributed by atoms with Crippen molar-refractivity contribution in [1.82, 2.24) is 0 Å². The van der Waals surface area contributed by atoms with Gasteiger partial charge in [-0.25, -0.2) is 4.79 Å². The normalized spacial score (nSPS) is 11.0. The summed E-state index contributed by atoms with van der Waals surface area (Å²) in [5, 5.41) is 9.70. The van der Waals surface area contributed by atoms with Crippen LogP contribution in [0.25, 0.3) is 11.6 Å². The number of carboxylic acids is 1. The van der Waals surface area contributed by atoms with Gasteiger partial charge in [0.15, 0.2) is 11.5 Å². The number of hydrogen-bond acceptors (Lipinski definition) is 5. The molecule has 0 heterocycles. The van der Waals surface area contributed by atoms with Gasteiger partial charge < -0.3 is 24.1 Å². The maximum absolute atomic E-state index is 11.9. The Balaban J connectivity index is 2.65. The molecule has 0 amide bonds. The highest BCUT2D eigenvalue weighted by atomic mass is 16.5. The first kappa shape index (κ1) is 18.2. The summed E-state index contributed by atoms with van der Waals surface area (Å²) >= 11 is 0. The molecule has 0 aliphatic rings. The standard InChI is InChI=1S/C19H20O6/c1-22-13-7-5-6-12(10-13)11-15(19(20)21)14-8-9-16(23-2)18(25-4)17(14)24-3/h5-11H,1-4H3,(H,20,21)/b15-11-. The maximum atomic E-state index is 11.9.